The van der Waals surface area contributed by atoms with E-state index in [9.17, 15) is 0 Å². The molecule has 2 heterocycles. The number of rotatable bonds is 6. The molecule has 0 saturated carbocycles. The van der Waals surface area contributed by atoms with Crippen molar-refractivity contribution in [2.24, 2.45) is 0 Å². The van der Waals surface area contributed by atoms with Crippen molar-refractivity contribution in [1.82, 2.24) is 10.2 Å². The number of hydrogen-bond acceptors (Lipinski definition) is 4. The number of hydrogen-bond donors (Lipinski definition) is 1. The highest BCUT2D eigenvalue weighted by atomic mass is 16.5. The first-order valence-corrected chi connectivity index (χ1v) is 7.16. The fourth-order valence-corrected chi connectivity index (χ4v) is 2.39. The topological polar surface area (TPSA) is 37.6 Å². The molecule has 1 saturated heterocycles. The molecule has 4 nitrogen and oxygen atoms in total. The second-order valence-corrected chi connectivity index (χ2v) is 5.79. The average molecular weight is 266 g/mol. The Balaban J connectivity index is 1.91. The minimum Gasteiger partial charge on any atom is -0.463 e. The molecule has 1 aliphatic rings. The van der Waals surface area contributed by atoms with Gasteiger partial charge in [0.2, 0.25) is 0 Å². The summed E-state index contributed by atoms with van der Waals surface area (Å²) in [5.74, 6) is 2.10. The van der Waals surface area contributed by atoms with Gasteiger partial charge in [-0.3, -0.25) is 4.90 Å². The molecule has 1 unspecified atom stereocenters. The zero-order valence-corrected chi connectivity index (χ0v) is 12.5. The van der Waals surface area contributed by atoms with Gasteiger partial charge in [0, 0.05) is 18.7 Å². The standard InChI is InChI=1S/C15H26N2O2/c1-11(2)16-8-15-12(3)7-14(19-15)9-17(4)13-5-6-18-10-13/h7,11,13,16H,5-6,8-10H2,1-4H3. The highest BCUT2D eigenvalue weighted by molar-refractivity contribution is 5.20. The second-order valence-electron chi connectivity index (χ2n) is 5.79. The van der Waals surface area contributed by atoms with Gasteiger partial charge in [-0.15, -0.1) is 0 Å². The van der Waals surface area contributed by atoms with Gasteiger partial charge in [-0.2, -0.15) is 0 Å². The predicted molar refractivity (Wildman–Crippen MR) is 76.1 cm³/mol. The molecular weight excluding hydrogens is 240 g/mol. The van der Waals surface area contributed by atoms with Gasteiger partial charge in [0.25, 0.3) is 0 Å². The summed E-state index contributed by atoms with van der Waals surface area (Å²) in [6.07, 6.45) is 1.12. The molecule has 1 aromatic heterocycles. The molecule has 0 aliphatic carbocycles. The quantitative estimate of drug-likeness (QED) is 0.857. The molecule has 0 radical (unpaired) electrons. The van der Waals surface area contributed by atoms with Crippen LogP contribution in [0.1, 0.15) is 37.4 Å². The van der Waals surface area contributed by atoms with E-state index in [0.29, 0.717) is 12.1 Å². The van der Waals surface area contributed by atoms with E-state index < -0.39 is 0 Å². The van der Waals surface area contributed by atoms with E-state index in [-0.39, 0.29) is 0 Å². The van der Waals surface area contributed by atoms with Crippen LogP contribution in [0.5, 0.6) is 0 Å². The Morgan fingerprint density at radius 3 is 2.89 bits per heavy atom. The molecule has 0 aromatic carbocycles. The van der Waals surface area contributed by atoms with Crippen LogP contribution in [0.2, 0.25) is 0 Å². The Kier molecular flexibility index (Phi) is 5.02. The van der Waals surface area contributed by atoms with Gasteiger partial charge in [-0.1, -0.05) is 13.8 Å². The molecule has 2 rings (SSSR count). The number of ether oxygens (including phenoxy) is 1. The lowest BCUT2D eigenvalue weighted by atomic mass is 10.2. The van der Waals surface area contributed by atoms with Crippen LogP contribution in [0.4, 0.5) is 0 Å². The molecule has 0 amide bonds. The van der Waals surface area contributed by atoms with Gasteiger partial charge in [0.05, 0.1) is 19.7 Å². The summed E-state index contributed by atoms with van der Waals surface area (Å²) in [5.41, 5.74) is 1.24. The maximum Gasteiger partial charge on any atom is 0.120 e. The number of nitrogens with one attached hydrogen (secondary N) is 1. The van der Waals surface area contributed by atoms with Crippen LogP contribution in [0, 0.1) is 6.92 Å². The zero-order chi connectivity index (χ0) is 13.8. The molecule has 4 heteroatoms. The number of aryl methyl sites for hydroxylation is 1. The number of furan rings is 1. The molecule has 0 spiro atoms. The van der Waals surface area contributed by atoms with Crippen LogP contribution in [0.25, 0.3) is 0 Å². The van der Waals surface area contributed by atoms with Crippen molar-refractivity contribution in [3.05, 3.63) is 23.2 Å². The molecule has 1 atom stereocenters. The largest absolute Gasteiger partial charge is 0.463 e. The van der Waals surface area contributed by atoms with Crippen LogP contribution in [-0.2, 0) is 17.8 Å². The van der Waals surface area contributed by atoms with Gasteiger partial charge < -0.3 is 14.5 Å². The fourth-order valence-electron chi connectivity index (χ4n) is 2.39. The lowest BCUT2D eigenvalue weighted by molar-refractivity contribution is 0.151. The predicted octanol–water partition coefficient (Wildman–Crippen LogP) is 2.31. The van der Waals surface area contributed by atoms with E-state index in [0.717, 1.165) is 44.2 Å². The number of likely N-dealkylation sites (N-methyl/N-ethyl adjacent to an activating group) is 1. The lowest BCUT2D eigenvalue weighted by Crippen LogP contribution is -2.31. The smallest absolute Gasteiger partial charge is 0.120 e. The molecule has 1 aliphatic heterocycles. The van der Waals surface area contributed by atoms with Crippen molar-refractivity contribution in [2.75, 3.05) is 20.3 Å². The summed E-state index contributed by atoms with van der Waals surface area (Å²) in [6.45, 7) is 9.80. The summed E-state index contributed by atoms with van der Waals surface area (Å²) < 4.78 is 11.4. The third-order valence-corrected chi connectivity index (χ3v) is 3.68. The van der Waals surface area contributed by atoms with E-state index in [2.05, 4.69) is 44.1 Å². The normalized spacial score (nSPS) is 19.8. The monoisotopic (exact) mass is 266 g/mol. The average Bonchev–Trinajstić information content (AvgIpc) is 2.96. The van der Waals surface area contributed by atoms with Crippen molar-refractivity contribution in [2.45, 2.75) is 52.4 Å². The Bertz CT molecular complexity index is 395. The summed E-state index contributed by atoms with van der Waals surface area (Å²) in [4.78, 5) is 2.32. The highest BCUT2D eigenvalue weighted by Gasteiger charge is 2.21. The van der Waals surface area contributed by atoms with Crippen LogP contribution >= 0.6 is 0 Å². The van der Waals surface area contributed by atoms with Crippen molar-refractivity contribution in [1.29, 1.82) is 0 Å². The lowest BCUT2D eigenvalue weighted by Gasteiger charge is -2.21. The molecule has 1 fully saturated rings. The van der Waals surface area contributed by atoms with E-state index >= 15 is 0 Å². The maximum atomic E-state index is 5.95. The summed E-state index contributed by atoms with van der Waals surface area (Å²) >= 11 is 0. The minimum absolute atomic E-state index is 0.478. The molecule has 108 valence electrons. The van der Waals surface area contributed by atoms with Crippen molar-refractivity contribution >= 4 is 0 Å². The van der Waals surface area contributed by atoms with E-state index in [4.69, 9.17) is 9.15 Å². The first-order chi connectivity index (χ1) is 9.06. The van der Waals surface area contributed by atoms with Gasteiger partial charge in [0.1, 0.15) is 11.5 Å². The Morgan fingerprint density at radius 1 is 1.47 bits per heavy atom. The van der Waals surface area contributed by atoms with Gasteiger partial charge in [-0.05, 0) is 32.0 Å². The summed E-state index contributed by atoms with van der Waals surface area (Å²) in [5, 5.41) is 3.40. The van der Waals surface area contributed by atoms with Crippen LogP contribution < -0.4 is 5.32 Å². The van der Waals surface area contributed by atoms with Crippen molar-refractivity contribution in [3.63, 3.8) is 0 Å². The molecule has 1 aromatic rings. The van der Waals surface area contributed by atoms with E-state index in [1.807, 2.05) is 0 Å². The highest BCUT2D eigenvalue weighted by Crippen LogP contribution is 2.19. The van der Waals surface area contributed by atoms with Gasteiger partial charge in [0.15, 0.2) is 0 Å². The Labute approximate surface area is 116 Å². The third-order valence-electron chi connectivity index (χ3n) is 3.68. The van der Waals surface area contributed by atoms with E-state index in [1.165, 1.54) is 5.56 Å². The SMILES string of the molecule is Cc1cc(CN(C)C2CCOC2)oc1CNC(C)C. The minimum atomic E-state index is 0.478. The van der Waals surface area contributed by atoms with E-state index in [1.54, 1.807) is 0 Å². The maximum absolute atomic E-state index is 5.95. The first kappa shape index (κ1) is 14.6. The summed E-state index contributed by atoms with van der Waals surface area (Å²) in [6, 6.07) is 3.16. The van der Waals surface area contributed by atoms with Gasteiger partial charge >= 0.3 is 0 Å². The Hall–Kier alpha value is -0.840. The molecule has 1 N–H and O–H groups in total. The number of nitrogens with zero attached hydrogens (tertiary/aromatic N) is 1. The van der Waals surface area contributed by atoms with Crippen LogP contribution in [-0.4, -0.2) is 37.2 Å². The van der Waals surface area contributed by atoms with Crippen molar-refractivity contribution in [3.8, 4) is 0 Å². The first-order valence-electron chi connectivity index (χ1n) is 7.16. The summed E-state index contributed by atoms with van der Waals surface area (Å²) in [7, 11) is 2.14. The second kappa shape index (κ2) is 6.55. The third kappa shape index (κ3) is 4.06. The molecular formula is C15H26N2O2. The van der Waals surface area contributed by atoms with Crippen LogP contribution in [0.15, 0.2) is 10.5 Å². The van der Waals surface area contributed by atoms with Crippen molar-refractivity contribution < 1.29 is 9.15 Å². The molecule has 0 bridgehead atoms. The van der Waals surface area contributed by atoms with Crippen LogP contribution in [0.3, 0.4) is 0 Å². The Morgan fingerprint density at radius 2 is 2.26 bits per heavy atom. The fraction of sp³-hybridized carbons (Fsp3) is 0.733. The van der Waals surface area contributed by atoms with Gasteiger partial charge in [-0.25, -0.2) is 0 Å². The molecule has 19 heavy (non-hydrogen) atoms. The zero-order valence-electron chi connectivity index (χ0n) is 12.5.